The minimum atomic E-state index is -0.310. The molecule has 1 aromatic carbocycles. The third kappa shape index (κ3) is 3.48. The molecule has 0 unspecified atom stereocenters. The number of aryl methyl sites for hydroxylation is 1. The van der Waals surface area contributed by atoms with Crippen LogP contribution in [0.15, 0.2) is 12.1 Å². The van der Waals surface area contributed by atoms with E-state index in [1.165, 1.54) is 0 Å². The van der Waals surface area contributed by atoms with Gasteiger partial charge in [-0.3, -0.25) is 4.79 Å². The Labute approximate surface area is 112 Å². The van der Waals surface area contributed by atoms with E-state index in [1.54, 1.807) is 13.0 Å². The van der Waals surface area contributed by atoms with Gasteiger partial charge in [0.1, 0.15) is 0 Å². The molecular formula is C14H16ClNO2. The first-order valence-electron chi connectivity index (χ1n) is 5.92. The van der Waals surface area contributed by atoms with Crippen LogP contribution in [0.3, 0.4) is 0 Å². The fourth-order valence-corrected chi connectivity index (χ4v) is 2.06. The molecule has 0 radical (unpaired) electrons. The van der Waals surface area contributed by atoms with Crippen LogP contribution < -0.4 is 0 Å². The Hall–Kier alpha value is -1.53. The summed E-state index contributed by atoms with van der Waals surface area (Å²) in [6, 6.07) is 5.75. The van der Waals surface area contributed by atoms with E-state index in [0.717, 1.165) is 17.5 Å². The Morgan fingerprint density at radius 2 is 2.06 bits per heavy atom. The molecule has 0 aliphatic carbocycles. The molecule has 0 amide bonds. The molecule has 4 heteroatoms. The third-order valence-corrected chi connectivity index (χ3v) is 3.00. The molecule has 0 saturated carbocycles. The van der Waals surface area contributed by atoms with Crippen LogP contribution in [0.5, 0.6) is 0 Å². The number of alkyl halides is 1. The zero-order valence-corrected chi connectivity index (χ0v) is 11.4. The molecule has 0 spiro atoms. The van der Waals surface area contributed by atoms with Gasteiger partial charge in [0.2, 0.25) is 0 Å². The fourth-order valence-electron chi connectivity index (χ4n) is 1.81. The van der Waals surface area contributed by atoms with Crippen molar-refractivity contribution in [2.75, 3.05) is 6.61 Å². The van der Waals surface area contributed by atoms with Crippen LogP contribution in [0.2, 0.25) is 0 Å². The predicted octanol–water partition coefficient (Wildman–Crippen LogP) is 2.97. The number of ether oxygens (including phenoxy) is 1. The molecule has 0 aliphatic rings. The summed E-state index contributed by atoms with van der Waals surface area (Å²) in [7, 11) is 0. The van der Waals surface area contributed by atoms with Gasteiger partial charge in [0.15, 0.2) is 0 Å². The number of carbonyl (C=O) groups is 1. The van der Waals surface area contributed by atoms with E-state index in [9.17, 15) is 4.79 Å². The quantitative estimate of drug-likeness (QED) is 0.607. The van der Waals surface area contributed by atoms with Gasteiger partial charge in [-0.25, -0.2) is 0 Å². The van der Waals surface area contributed by atoms with Crippen LogP contribution in [0, 0.1) is 11.3 Å². The van der Waals surface area contributed by atoms with Gasteiger partial charge in [-0.1, -0.05) is 13.0 Å². The topological polar surface area (TPSA) is 50.1 Å². The van der Waals surface area contributed by atoms with Gasteiger partial charge in [0, 0.05) is 5.88 Å². The summed E-state index contributed by atoms with van der Waals surface area (Å²) in [5, 5.41) is 9.10. The minimum Gasteiger partial charge on any atom is -0.466 e. The van der Waals surface area contributed by atoms with Crippen molar-refractivity contribution in [3.8, 4) is 6.07 Å². The van der Waals surface area contributed by atoms with E-state index in [2.05, 4.69) is 6.07 Å². The van der Waals surface area contributed by atoms with Crippen LogP contribution >= 0.6 is 11.6 Å². The second-order valence-electron chi connectivity index (χ2n) is 3.86. The van der Waals surface area contributed by atoms with Crippen molar-refractivity contribution in [1.29, 1.82) is 5.26 Å². The van der Waals surface area contributed by atoms with E-state index in [4.69, 9.17) is 21.6 Å². The van der Waals surface area contributed by atoms with Crippen LogP contribution in [0.1, 0.15) is 36.1 Å². The first-order chi connectivity index (χ1) is 8.65. The summed E-state index contributed by atoms with van der Waals surface area (Å²) in [4.78, 5) is 11.5. The number of nitriles is 1. The number of carbonyl (C=O) groups excluding carboxylic acids is 1. The van der Waals surface area contributed by atoms with Gasteiger partial charge < -0.3 is 4.74 Å². The van der Waals surface area contributed by atoms with Crippen molar-refractivity contribution in [2.24, 2.45) is 0 Å². The van der Waals surface area contributed by atoms with Gasteiger partial charge >= 0.3 is 5.97 Å². The highest BCUT2D eigenvalue weighted by Crippen LogP contribution is 2.20. The molecule has 3 nitrogen and oxygen atoms in total. The maximum Gasteiger partial charge on any atom is 0.310 e. The first-order valence-corrected chi connectivity index (χ1v) is 6.46. The maximum absolute atomic E-state index is 11.5. The SMILES string of the molecule is CCOC(=O)Cc1cc(CC)c(CCl)cc1C#N. The van der Waals surface area contributed by atoms with E-state index in [0.29, 0.717) is 23.6 Å². The van der Waals surface area contributed by atoms with Crippen molar-refractivity contribution >= 4 is 17.6 Å². The van der Waals surface area contributed by atoms with Crippen LogP contribution in [0.25, 0.3) is 0 Å². The van der Waals surface area contributed by atoms with Gasteiger partial charge in [0.25, 0.3) is 0 Å². The van der Waals surface area contributed by atoms with Gasteiger partial charge in [-0.2, -0.15) is 5.26 Å². The Balaban J connectivity index is 3.10. The van der Waals surface area contributed by atoms with E-state index in [-0.39, 0.29) is 12.4 Å². The molecule has 0 atom stereocenters. The molecule has 96 valence electrons. The third-order valence-electron chi connectivity index (χ3n) is 2.71. The highest BCUT2D eigenvalue weighted by Gasteiger charge is 2.12. The Morgan fingerprint density at radius 3 is 2.56 bits per heavy atom. The summed E-state index contributed by atoms with van der Waals surface area (Å²) >= 11 is 5.85. The van der Waals surface area contributed by atoms with Crippen LogP contribution in [-0.2, 0) is 28.3 Å². The van der Waals surface area contributed by atoms with Crippen molar-refractivity contribution in [2.45, 2.75) is 32.6 Å². The zero-order valence-electron chi connectivity index (χ0n) is 10.6. The summed E-state index contributed by atoms with van der Waals surface area (Å²) in [6.07, 6.45) is 0.954. The normalized spacial score (nSPS) is 9.89. The van der Waals surface area contributed by atoms with Crippen LogP contribution in [-0.4, -0.2) is 12.6 Å². The number of hydrogen-bond donors (Lipinski definition) is 0. The summed E-state index contributed by atoms with van der Waals surface area (Å²) in [6.45, 7) is 4.13. The van der Waals surface area contributed by atoms with Gasteiger partial charge in [0.05, 0.1) is 24.7 Å². The average molecular weight is 266 g/mol. The van der Waals surface area contributed by atoms with E-state index in [1.807, 2.05) is 13.0 Å². The molecule has 0 aromatic heterocycles. The molecular weight excluding hydrogens is 250 g/mol. The molecule has 0 heterocycles. The fraction of sp³-hybridized carbons (Fsp3) is 0.429. The standard InChI is InChI=1S/C14H16ClNO2/c1-3-10-5-11(7-14(17)18-4-2)13(9-16)6-12(10)8-15/h5-6H,3-4,7-8H2,1-2H3. The first kappa shape index (κ1) is 14.5. The number of hydrogen-bond acceptors (Lipinski definition) is 3. The second-order valence-corrected chi connectivity index (χ2v) is 4.13. The number of esters is 1. The lowest BCUT2D eigenvalue weighted by Gasteiger charge is -2.10. The molecule has 0 saturated heterocycles. The number of rotatable bonds is 5. The van der Waals surface area contributed by atoms with Crippen molar-refractivity contribution in [3.63, 3.8) is 0 Å². The zero-order chi connectivity index (χ0) is 13.5. The monoisotopic (exact) mass is 265 g/mol. The lowest BCUT2D eigenvalue weighted by molar-refractivity contribution is -0.142. The molecule has 0 N–H and O–H groups in total. The molecule has 1 aromatic rings. The summed E-state index contributed by atoms with van der Waals surface area (Å²) < 4.78 is 4.90. The second kappa shape index (κ2) is 7.03. The highest BCUT2D eigenvalue weighted by molar-refractivity contribution is 6.17. The van der Waals surface area contributed by atoms with Crippen molar-refractivity contribution < 1.29 is 9.53 Å². The smallest absolute Gasteiger partial charge is 0.310 e. The molecule has 0 fully saturated rings. The lowest BCUT2D eigenvalue weighted by atomic mass is 9.96. The Bertz CT molecular complexity index is 477. The molecule has 0 bridgehead atoms. The minimum absolute atomic E-state index is 0.131. The predicted molar refractivity (Wildman–Crippen MR) is 70.4 cm³/mol. The molecule has 0 aliphatic heterocycles. The van der Waals surface area contributed by atoms with Crippen molar-refractivity contribution in [1.82, 2.24) is 0 Å². The van der Waals surface area contributed by atoms with Crippen LogP contribution in [0.4, 0.5) is 0 Å². The Morgan fingerprint density at radius 1 is 1.33 bits per heavy atom. The lowest BCUT2D eigenvalue weighted by Crippen LogP contribution is -2.09. The van der Waals surface area contributed by atoms with Gasteiger partial charge in [-0.15, -0.1) is 11.6 Å². The average Bonchev–Trinajstić information content (AvgIpc) is 2.38. The number of nitrogens with zero attached hydrogens (tertiary/aromatic N) is 1. The molecule has 1 rings (SSSR count). The molecule has 18 heavy (non-hydrogen) atoms. The van der Waals surface area contributed by atoms with Crippen molar-refractivity contribution in [3.05, 3.63) is 34.4 Å². The summed E-state index contributed by atoms with van der Waals surface area (Å²) in [5.41, 5.74) is 3.23. The van der Waals surface area contributed by atoms with E-state index >= 15 is 0 Å². The number of halogens is 1. The Kier molecular flexibility index (Phi) is 5.67. The van der Waals surface area contributed by atoms with E-state index < -0.39 is 0 Å². The summed E-state index contributed by atoms with van der Waals surface area (Å²) in [5.74, 6) is 0.0621. The van der Waals surface area contributed by atoms with Gasteiger partial charge in [-0.05, 0) is 36.1 Å². The maximum atomic E-state index is 11.5. The number of benzene rings is 1. The highest BCUT2D eigenvalue weighted by atomic mass is 35.5. The largest absolute Gasteiger partial charge is 0.466 e.